The van der Waals surface area contributed by atoms with Crippen LogP contribution in [-0.4, -0.2) is 19.1 Å². The molecule has 0 radical (unpaired) electrons. The van der Waals surface area contributed by atoms with Crippen molar-refractivity contribution in [3.05, 3.63) is 0 Å². The third-order valence-electron chi connectivity index (χ3n) is 1.15. The van der Waals surface area contributed by atoms with Crippen LogP contribution in [0.25, 0.3) is 0 Å². The molecule has 0 spiro atoms. The molecule has 0 unspecified atom stereocenters. The Kier molecular flexibility index (Phi) is 6.18. The number of unbranched alkanes of at least 4 members (excludes halogenated alkanes) is 1. The molecule has 0 aliphatic heterocycles. The van der Waals surface area contributed by atoms with Crippen LogP contribution in [0.15, 0.2) is 0 Å². The van der Waals surface area contributed by atoms with Gasteiger partial charge in [0, 0.05) is 6.42 Å². The lowest BCUT2D eigenvalue weighted by Crippen LogP contribution is -2.06. The summed E-state index contributed by atoms with van der Waals surface area (Å²) in [4.78, 5) is 10.5. The van der Waals surface area contributed by atoms with Gasteiger partial charge in [0.15, 0.2) is 0 Å². The normalized spacial score (nSPS) is 9.40. The van der Waals surface area contributed by atoms with Crippen LogP contribution in [0, 0.1) is 0 Å². The summed E-state index contributed by atoms with van der Waals surface area (Å²) in [5, 5.41) is 0. The van der Waals surface area contributed by atoms with E-state index in [2.05, 4.69) is 0 Å². The highest BCUT2D eigenvalue weighted by atomic mass is 16.5. The molecule has 0 heterocycles. The SMILES string of the molecule is CCC(=O)OCCCCN. The van der Waals surface area contributed by atoms with Crippen LogP contribution in [0.5, 0.6) is 0 Å². The molecule has 0 saturated heterocycles. The van der Waals surface area contributed by atoms with Crippen molar-refractivity contribution in [1.29, 1.82) is 0 Å². The Morgan fingerprint density at radius 2 is 2.20 bits per heavy atom. The molecule has 0 aromatic heterocycles. The van der Waals surface area contributed by atoms with E-state index in [1.165, 1.54) is 0 Å². The number of ether oxygens (including phenoxy) is 1. The molecule has 10 heavy (non-hydrogen) atoms. The fourth-order valence-corrected chi connectivity index (χ4v) is 0.534. The average molecular weight is 145 g/mol. The molecule has 0 aliphatic carbocycles. The minimum absolute atomic E-state index is 0.128. The molecule has 0 aromatic rings. The van der Waals surface area contributed by atoms with Gasteiger partial charge in [-0.2, -0.15) is 0 Å². The summed E-state index contributed by atoms with van der Waals surface area (Å²) in [5.41, 5.74) is 5.24. The van der Waals surface area contributed by atoms with Crippen molar-refractivity contribution < 1.29 is 9.53 Å². The zero-order valence-electron chi connectivity index (χ0n) is 6.43. The van der Waals surface area contributed by atoms with E-state index in [1.54, 1.807) is 6.92 Å². The molecule has 0 bridgehead atoms. The molecular weight excluding hydrogens is 130 g/mol. The Bertz CT molecular complexity index is 93.6. The second-order valence-electron chi connectivity index (χ2n) is 2.07. The third kappa shape index (κ3) is 5.56. The molecular formula is C7H15NO2. The van der Waals surface area contributed by atoms with Crippen LogP contribution in [0.4, 0.5) is 0 Å². The largest absolute Gasteiger partial charge is 0.466 e. The van der Waals surface area contributed by atoms with E-state index in [9.17, 15) is 4.79 Å². The molecule has 0 amide bonds. The van der Waals surface area contributed by atoms with Gasteiger partial charge in [-0.3, -0.25) is 4.79 Å². The van der Waals surface area contributed by atoms with Crippen LogP contribution in [0.1, 0.15) is 26.2 Å². The number of carbonyl (C=O) groups excluding carboxylic acids is 1. The van der Waals surface area contributed by atoms with Crippen LogP contribution < -0.4 is 5.73 Å². The number of nitrogens with two attached hydrogens (primary N) is 1. The molecule has 2 N–H and O–H groups in total. The zero-order valence-corrected chi connectivity index (χ0v) is 6.43. The van der Waals surface area contributed by atoms with E-state index in [-0.39, 0.29) is 5.97 Å². The number of hydrogen-bond acceptors (Lipinski definition) is 3. The van der Waals surface area contributed by atoms with Crippen molar-refractivity contribution in [1.82, 2.24) is 0 Å². The summed E-state index contributed by atoms with van der Waals surface area (Å²) in [6.07, 6.45) is 2.27. The third-order valence-corrected chi connectivity index (χ3v) is 1.15. The second-order valence-corrected chi connectivity index (χ2v) is 2.07. The van der Waals surface area contributed by atoms with E-state index < -0.39 is 0 Å². The number of esters is 1. The highest BCUT2D eigenvalue weighted by molar-refractivity contribution is 5.68. The molecule has 60 valence electrons. The van der Waals surface area contributed by atoms with E-state index in [0.717, 1.165) is 12.8 Å². The predicted molar refractivity (Wildman–Crippen MR) is 39.5 cm³/mol. The maximum Gasteiger partial charge on any atom is 0.305 e. The first-order chi connectivity index (χ1) is 4.81. The maximum atomic E-state index is 10.5. The molecule has 0 rings (SSSR count). The van der Waals surface area contributed by atoms with Gasteiger partial charge in [-0.1, -0.05) is 6.92 Å². The van der Waals surface area contributed by atoms with Crippen LogP contribution in [-0.2, 0) is 9.53 Å². The van der Waals surface area contributed by atoms with Crippen molar-refractivity contribution in [3.63, 3.8) is 0 Å². The lowest BCUT2D eigenvalue weighted by Gasteiger charge is -2.00. The van der Waals surface area contributed by atoms with Gasteiger partial charge in [-0.15, -0.1) is 0 Å². The molecule has 3 nitrogen and oxygen atoms in total. The van der Waals surface area contributed by atoms with Gasteiger partial charge >= 0.3 is 5.97 Å². The topological polar surface area (TPSA) is 52.3 Å². The summed E-state index contributed by atoms with van der Waals surface area (Å²) in [7, 11) is 0. The van der Waals surface area contributed by atoms with Gasteiger partial charge in [-0.05, 0) is 19.4 Å². The second kappa shape index (κ2) is 6.55. The van der Waals surface area contributed by atoms with E-state index in [0.29, 0.717) is 19.6 Å². The van der Waals surface area contributed by atoms with Gasteiger partial charge in [0.2, 0.25) is 0 Å². The fourth-order valence-electron chi connectivity index (χ4n) is 0.534. The van der Waals surface area contributed by atoms with Crippen molar-refractivity contribution in [3.8, 4) is 0 Å². The quantitative estimate of drug-likeness (QED) is 0.457. The number of rotatable bonds is 5. The van der Waals surface area contributed by atoms with Crippen molar-refractivity contribution in [2.75, 3.05) is 13.2 Å². The van der Waals surface area contributed by atoms with Gasteiger partial charge in [0.05, 0.1) is 6.61 Å². The van der Waals surface area contributed by atoms with Gasteiger partial charge in [-0.25, -0.2) is 0 Å². The average Bonchev–Trinajstić information content (AvgIpc) is 1.98. The minimum atomic E-state index is -0.128. The molecule has 0 aliphatic rings. The molecule has 0 atom stereocenters. The molecule has 0 saturated carbocycles. The predicted octanol–water partition coefficient (Wildman–Crippen LogP) is 0.678. The lowest BCUT2D eigenvalue weighted by molar-refractivity contribution is -0.143. The first-order valence-corrected chi connectivity index (χ1v) is 3.67. The van der Waals surface area contributed by atoms with Gasteiger partial charge in [0.25, 0.3) is 0 Å². The van der Waals surface area contributed by atoms with Crippen molar-refractivity contribution >= 4 is 5.97 Å². The van der Waals surface area contributed by atoms with E-state index >= 15 is 0 Å². The fraction of sp³-hybridized carbons (Fsp3) is 0.857. The summed E-state index contributed by atoms with van der Waals surface area (Å²) in [6, 6.07) is 0. The van der Waals surface area contributed by atoms with Gasteiger partial charge < -0.3 is 10.5 Å². The minimum Gasteiger partial charge on any atom is -0.466 e. The Labute approximate surface area is 61.5 Å². The summed E-state index contributed by atoms with van der Waals surface area (Å²) in [5.74, 6) is -0.128. The maximum absolute atomic E-state index is 10.5. The van der Waals surface area contributed by atoms with Crippen LogP contribution in [0.2, 0.25) is 0 Å². The summed E-state index contributed by atoms with van der Waals surface area (Å²) < 4.78 is 4.80. The van der Waals surface area contributed by atoms with Crippen LogP contribution in [0.3, 0.4) is 0 Å². The summed E-state index contributed by atoms with van der Waals surface area (Å²) in [6.45, 7) is 2.97. The number of hydrogen-bond donors (Lipinski definition) is 1. The van der Waals surface area contributed by atoms with Crippen molar-refractivity contribution in [2.45, 2.75) is 26.2 Å². The van der Waals surface area contributed by atoms with Crippen LogP contribution >= 0.6 is 0 Å². The highest BCUT2D eigenvalue weighted by Crippen LogP contribution is 1.90. The monoisotopic (exact) mass is 145 g/mol. The highest BCUT2D eigenvalue weighted by Gasteiger charge is 1.95. The Balaban J connectivity index is 2.96. The van der Waals surface area contributed by atoms with E-state index in [1.807, 2.05) is 0 Å². The summed E-state index contributed by atoms with van der Waals surface area (Å²) >= 11 is 0. The Hall–Kier alpha value is -0.570. The lowest BCUT2D eigenvalue weighted by atomic mass is 10.3. The first-order valence-electron chi connectivity index (χ1n) is 3.67. The smallest absolute Gasteiger partial charge is 0.305 e. The Morgan fingerprint density at radius 1 is 1.50 bits per heavy atom. The first kappa shape index (κ1) is 9.43. The number of carbonyl (C=O) groups is 1. The molecule has 0 fully saturated rings. The zero-order chi connectivity index (χ0) is 7.82. The van der Waals surface area contributed by atoms with Crippen molar-refractivity contribution in [2.24, 2.45) is 5.73 Å². The van der Waals surface area contributed by atoms with E-state index in [4.69, 9.17) is 10.5 Å². The Morgan fingerprint density at radius 3 is 2.70 bits per heavy atom. The molecule has 0 aromatic carbocycles. The van der Waals surface area contributed by atoms with Gasteiger partial charge in [0.1, 0.15) is 0 Å². The molecule has 3 heteroatoms. The standard InChI is InChI=1S/C7H15NO2/c1-2-7(9)10-6-4-3-5-8/h2-6,8H2,1H3.